The molecule has 0 amide bonds. The van der Waals surface area contributed by atoms with Crippen LogP contribution in [-0.4, -0.2) is 20.1 Å². The Balaban J connectivity index is 2.45. The molecular formula is C11H12ClN3O. The van der Waals surface area contributed by atoms with Crippen LogP contribution in [0.25, 0.3) is 0 Å². The molecule has 0 bridgehead atoms. The number of rotatable bonds is 2. The molecule has 1 atom stereocenters. The van der Waals surface area contributed by atoms with E-state index in [1.165, 1.54) is 0 Å². The number of benzene rings is 1. The summed E-state index contributed by atoms with van der Waals surface area (Å²) >= 11 is 5.91. The fourth-order valence-corrected chi connectivity index (χ4v) is 1.79. The van der Waals surface area contributed by atoms with Crippen LogP contribution < -0.4 is 0 Å². The summed E-state index contributed by atoms with van der Waals surface area (Å²) in [6.07, 6.45) is 0.795. The minimum atomic E-state index is -0.751. The van der Waals surface area contributed by atoms with Crippen LogP contribution in [-0.2, 0) is 7.05 Å². The van der Waals surface area contributed by atoms with Gasteiger partial charge in [0.25, 0.3) is 0 Å². The molecule has 1 unspecified atom stereocenters. The van der Waals surface area contributed by atoms with Crippen molar-refractivity contribution in [3.63, 3.8) is 0 Å². The average molecular weight is 238 g/mol. The maximum absolute atomic E-state index is 10.2. The van der Waals surface area contributed by atoms with Gasteiger partial charge in [0.15, 0.2) is 0 Å². The van der Waals surface area contributed by atoms with Crippen LogP contribution in [0.5, 0.6) is 0 Å². The van der Waals surface area contributed by atoms with E-state index in [-0.39, 0.29) is 0 Å². The van der Waals surface area contributed by atoms with Crippen molar-refractivity contribution in [3.8, 4) is 0 Å². The third kappa shape index (κ3) is 1.94. The van der Waals surface area contributed by atoms with E-state index < -0.39 is 6.10 Å². The molecule has 0 spiro atoms. The molecule has 1 aromatic heterocycles. The summed E-state index contributed by atoms with van der Waals surface area (Å²) in [4.78, 5) is 0. The van der Waals surface area contributed by atoms with Gasteiger partial charge in [-0.3, -0.25) is 0 Å². The molecule has 0 aliphatic heterocycles. The Morgan fingerprint density at radius 3 is 2.81 bits per heavy atom. The van der Waals surface area contributed by atoms with Gasteiger partial charge >= 0.3 is 0 Å². The van der Waals surface area contributed by atoms with E-state index in [4.69, 9.17) is 11.6 Å². The van der Waals surface area contributed by atoms with Crippen LogP contribution in [0.3, 0.4) is 0 Å². The second kappa shape index (κ2) is 4.23. The summed E-state index contributed by atoms with van der Waals surface area (Å²) in [5.41, 5.74) is 2.40. The fourth-order valence-electron chi connectivity index (χ4n) is 1.61. The smallest absolute Gasteiger partial charge is 0.123 e. The normalized spacial score (nSPS) is 12.8. The molecule has 0 saturated heterocycles. The van der Waals surface area contributed by atoms with Crippen molar-refractivity contribution in [2.75, 3.05) is 0 Å². The van der Waals surface area contributed by atoms with Gasteiger partial charge in [0.2, 0.25) is 0 Å². The minimum Gasteiger partial charge on any atom is -0.382 e. The molecule has 0 aliphatic rings. The standard InChI is InChI=1S/C11H12ClN3O/c1-7-3-4-8(12)5-9(7)11(16)10-6-13-14-15(10)2/h3-6,11,16H,1-2H3. The summed E-state index contributed by atoms with van der Waals surface area (Å²) < 4.78 is 1.55. The molecule has 4 nitrogen and oxygen atoms in total. The van der Waals surface area contributed by atoms with Crippen molar-refractivity contribution in [1.29, 1.82) is 0 Å². The molecule has 1 aromatic carbocycles. The lowest BCUT2D eigenvalue weighted by Gasteiger charge is -2.13. The highest BCUT2D eigenvalue weighted by Crippen LogP contribution is 2.26. The Kier molecular flexibility index (Phi) is 2.94. The average Bonchev–Trinajstić information content (AvgIpc) is 2.67. The predicted molar refractivity (Wildman–Crippen MR) is 61.3 cm³/mol. The first-order valence-corrected chi connectivity index (χ1v) is 5.26. The van der Waals surface area contributed by atoms with Gasteiger partial charge in [-0.1, -0.05) is 22.9 Å². The minimum absolute atomic E-state index is 0.606. The van der Waals surface area contributed by atoms with Crippen molar-refractivity contribution in [2.45, 2.75) is 13.0 Å². The highest BCUT2D eigenvalue weighted by molar-refractivity contribution is 6.30. The highest BCUT2D eigenvalue weighted by atomic mass is 35.5. The molecule has 1 heterocycles. The molecule has 5 heteroatoms. The van der Waals surface area contributed by atoms with E-state index in [2.05, 4.69) is 10.3 Å². The number of aryl methyl sites for hydroxylation is 2. The Hall–Kier alpha value is -1.39. The van der Waals surface area contributed by atoms with Gasteiger partial charge in [-0.05, 0) is 30.2 Å². The zero-order valence-electron chi connectivity index (χ0n) is 9.05. The van der Waals surface area contributed by atoms with Crippen molar-refractivity contribution in [1.82, 2.24) is 15.0 Å². The Morgan fingerprint density at radius 1 is 1.44 bits per heavy atom. The van der Waals surface area contributed by atoms with E-state index in [0.717, 1.165) is 11.1 Å². The summed E-state index contributed by atoms with van der Waals surface area (Å²) in [5.74, 6) is 0. The van der Waals surface area contributed by atoms with Crippen LogP contribution in [0.4, 0.5) is 0 Å². The van der Waals surface area contributed by atoms with E-state index in [1.807, 2.05) is 13.0 Å². The van der Waals surface area contributed by atoms with E-state index in [9.17, 15) is 5.11 Å². The number of nitrogens with zero attached hydrogens (tertiary/aromatic N) is 3. The number of aromatic nitrogens is 3. The van der Waals surface area contributed by atoms with Gasteiger partial charge in [0, 0.05) is 12.1 Å². The molecule has 0 fully saturated rings. The highest BCUT2D eigenvalue weighted by Gasteiger charge is 2.16. The largest absolute Gasteiger partial charge is 0.382 e. The van der Waals surface area contributed by atoms with Crippen LogP contribution in [0.15, 0.2) is 24.4 Å². The van der Waals surface area contributed by atoms with Crippen LogP contribution in [0, 0.1) is 6.92 Å². The van der Waals surface area contributed by atoms with E-state index >= 15 is 0 Å². The second-order valence-corrected chi connectivity index (χ2v) is 4.12. The molecule has 16 heavy (non-hydrogen) atoms. The number of hydrogen-bond acceptors (Lipinski definition) is 3. The summed E-state index contributed by atoms with van der Waals surface area (Å²) in [5, 5.41) is 18.3. The molecule has 2 aromatic rings. The van der Waals surface area contributed by atoms with Crippen molar-refractivity contribution < 1.29 is 5.11 Å². The lowest BCUT2D eigenvalue weighted by molar-refractivity contribution is 0.209. The molecule has 1 N–H and O–H groups in total. The van der Waals surface area contributed by atoms with Crippen LogP contribution in [0.2, 0.25) is 5.02 Å². The lowest BCUT2D eigenvalue weighted by Crippen LogP contribution is -2.07. The van der Waals surface area contributed by atoms with Gasteiger partial charge in [0.1, 0.15) is 6.10 Å². The zero-order valence-corrected chi connectivity index (χ0v) is 9.81. The molecule has 0 radical (unpaired) electrons. The number of hydrogen-bond donors (Lipinski definition) is 1. The Morgan fingerprint density at radius 2 is 2.19 bits per heavy atom. The predicted octanol–water partition coefficient (Wildman–Crippen LogP) is 1.86. The molecule has 0 aliphatic carbocycles. The van der Waals surface area contributed by atoms with E-state index in [1.54, 1.807) is 30.1 Å². The third-order valence-electron chi connectivity index (χ3n) is 2.57. The van der Waals surface area contributed by atoms with Crippen molar-refractivity contribution in [2.24, 2.45) is 7.05 Å². The Bertz CT molecular complexity index is 510. The summed E-state index contributed by atoms with van der Waals surface area (Å²) in [6.45, 7) is 1.93. The monoisotopic (exact) mass is 237 g/mol. The van der Waals surface area contributed by atoms with Gasteiger partial charge in [-0.25, -0.2) is 4.68 Å². The zero-order chi connectivity index (χ0) is 11.7. The molecule has 2 rings (SSSR count). The fraction of sp³-hybridized carbons (Fsp3) is 0.273. The molecule has 0 saturated carbocycles. The number of aliphatic hydroxyl groups excluding tert-OH is 1. The molecular weight excluding hydrogens is 226 g/mol. The number of aliphatic hydroxyl groups is 1. The van der Waals surface area contributed by atoms with Gasteiger partial charge in [-0.2, -0.15) is 0 Å². The van der Waals surface area contributed by atoms with Crippen LogP contribution in [0.1, 0.15) is 22.9 Å². The quantitative estimate of drug-likeness (QED) is 0.868. The maximum atomic E-state index is 10.2. The topological polar surface area (TPSA) is 50.9 Å². The van der Waals surface area contributed by atoms with Gasteiger partial charge in [0.05, 0.1) is 11.9 Å². The SMILES string of the molecule is Cc1ccc(Cl)cc1C(O)c1cnnn1C. The Labute approximate surface area is 98.5 Å². The lowest BCUT2D eigenvalue weighted by atomic mass is 10.0. The maximum Gasteiger partial charge on any atom is 0.123 e. The molecule has 84 valence electrons. The van der Waals surface area contributed by atoms with Crippen LogP contribution >= 0.6 is 11.6 Å². The van der Waals surface area contributed by atoms with Gasteiger partial charge in [-0.15, -0.1) is 5.10 Å². The summed E-state index contributed by atoms with van der Waals surface area (Å²) in [7, 11) is 1.74. The first kappa shape index (κ1) is 11.1. The number of halogens is 1. The second-order valence-electron chi connectivity index (χ2n) is 3.69. The first-order chi connectivity index (χ1) is 7.59. The van der Waals surface area contributed by atoms with Crippen molar-refractivity contribution >= 4 is 11.6 Å². The first-order valence-electron chi connectivity index (χ1n) is 4.88. The van der Waals surface area contributed by atoms with Gasteiger partial charge < -0.3 is 5.11 Å². The van der Waals surface area contributed by atoms with E-state index in [0.29, 0.717) is 10.7 Å². The third-order valence-corrected chi connectivity index (χ3v) is 2.80. The van der Waals surface area contributed by atoms with Crippen molar-refractivity contribution in [3.05, 3.63) is 46.2 Å². The summed E-state index contributed by atoms with van der Waals surface area (Å²) in [6, 6.07) is 5.44.